The third-order valence-electron chi connectivity index (χ3n) is 4.73. The van der Waals surface area contributed by atoms with Gasteiger partial charge in [0.1, 0.15) is 10.8 Å². The molecule has 1 aromatic heterocycles. The number of carbonyl (C=O) groups excluding carboxylic acids is 1. The van der Waals surface area contributed by atoms with E-state index in [0.29, 0.717) is 28.8 Å². The average Bonchev–Trinajstić information content (AvgIpc) is 3.16. The molecule has 162 valence electrons. The van der Waals surface area contributed by atoms with Gasteiger partial charge in [-0.1, -0.05) is 6.92 Å². The summed E-state index contributed by atoms with van der Waals surface area (Å²) in [6.07, 6.45) is 0.781. The lowest BCUT2D eigenvalue weighted by atomic mass is 10.2. The van der Waals surface area contributed by atoms with Crippen molar-refractivity contribution in [3.05, 3.63) is 46.6 Å². The predicted molar refractivity (Wildman–Crippen MR) is 118 cm³/mol. The van der Waals surface area contributed by atoms with Crippen molar-refractivity contribution in [1.29, 1.82) is 0 Å². The molecule has 0 aliphatic carbocycles. The molecule has 0 saturated carbocycles. The molecule has 0 bridgehead atoms. The van der Waals surface area contributed by atoms with Crippen LogP contribution >= 0.6 is 23.6 Å². The molecule has 0 unspecified atom stereocenters. The van der Waals surface area contributed by atoms with Crippen LogP contribution < -0.4 is 5.32 Å². The number of hydrogen-bond donors (Lipinski definition) is 1. The fourth-order valence-corrected chi connectivity index (χ4v) is 5.79. The van der Waals surface area contributed by atoms with Crippen molar-refractivity contribution < 1.29 is 22.3 Å². The average molecular weight is 472 g/mol. The zero-order valence-corrected chi connectivity index (χ0v) is 19.0. The van der Waals surface area contributed by atoms with E-state index < -0.39 is 21.8 Å². The highest BCUT2D eigenvalue weighted by Gasteiger charge is 2.29. The van der Waals surface area contributed by atoms with Gasteiger partial charge in [0.25, 0.3) is 0 Å². The maximum absolute atomic E-state index is 13.1. The van der Waals surface area contributed by atoms with Gasteiger partial charge in [0.05, 0.1) is 17.6 Å². The van der Waals surface area contributed by atoms with Gasteiger partial charge in [0.2, 0.25) is 10.0 Å². The number of sulfonamides is 1. The van der Waals surface area contributed by atoms with Crippen molar-refractivity contribution in [2.24, 2.45) is 0 Å². The third-order valence-corrected chi connectivity index (χ3v) is 8.20. The van der Waals surface area contributed by atoms with E-state index in [1.807, 2.05) is 11.8 Å². The second-order valence-corrected chi connectivity index (χ2v) is 10.0. The maximum Gasteiger partial charge on any atom is 0.340 e. The lowest BCUT2D eigenvalue weighted by molar-refractivity contribution is 0.0602. The van der Waals surface area contributed by atoms with Crippen LogP contribution in [0.15, 0.2) is 35.2 Å². The van der Waals surface area contributed by atoms with Gasteiger partial charge in [0.15, 0.2) is 5.11 Å². The molecule has 1 aliphatic rings. The number of thiophene rings is 1. The highest BCUT2D eigenvalue weighted by molar-refractivity contribution is 7.89. The summed E-state index contributed by atoms with van der Waals surface area (Å²) in [5.41, 5.74) is 0.430. The van der Waals surface area contributed by atoms with Crippen molar-refractivity contribution >= 4 is 49.7 Å². The summed E-state index contributed by atoms with van der Waals surface area (Å²) < 4.78 is 44.8. The Kier molecular flexibility index (Phi) is 7.06. The normalized spacial score (nSPS) is 15.1. The van der Waals surface area contributed by atoms with E-state index >= 15 is 0 Å². The van der Waals surface area contributed by atoms with Gasteiger partial charge in [-0.2, -0.15) is 4.31 Å². The molecule has 1 fully saturated rings. The van der Waals surface area contributed by atoms with Gasteiger partial charge in [-0.05, 0) is 49.0 Å². The van der Waals surface area contributed by atoms with Gasteiger partial charge in [-0.25, -0.2) is 17.6 Å². The molecule has 0 spiro atoms. The van der Waals surface area contributed by atoms with Gasteiger partial charge in [-0.15, -0.1) is 11.3 Å². The Labute approximate surface area is 184 Å². The Balaban J connectivity index is 1.65. The van der Waals surface area contributed by atoms with Crippen LogP contribution in [0, 0.1) is 5.82 Å². The summed E-state index contributed by atoms with van der Waals surface area (Å²) in [4.78, 5) is 15.0. The van der Waals surface area contributed by atoms with Crippen LogP contribution in [-0.4, -0.2) is 62.0 Å². The summed E-state index contributed by atoms with van der Waals surface area (Å²) in [6.45, 7) is 3.28. The first-order valence-corrected chi connectivity index (χ1v) is 12.0. The summed E-state index contributed by atoms with van der Waals surface area (Å²) in [5.74, 6) is -0.923. The lowest BCUT2D eigenvalue weighted by Gasteiger charge is -2.35. The molecule has 7 nitrogen and oxygen atoms in total. The largest absolute Gasteiger partial charge is 0.465 e. The molecule has 0 atom stereocenters. The number of esters is 1. The molecule has 0 radical (unpaired) electrons. The number of anilines is 1. The number of benzene rings is 1. The zero-order valence-electron chi connectivity index (χ0n) is 16.6. The van der Waals surface area contributed by atoms with Crippen LogP contribution in [0.3, 0.4) is 0 Å². The van der Waals surface area contributed by atoms with E-state index in [4.69, 9.17) is 17.0 Å². The van der Waals surface area contributed by atoms with Gasteiger partial charge < -0.3 is 15.0 Å². The predicted octanol–water partition coefficient (Wildman–Crippen LogP) is 2.94. The van der Waals surface area contributed by atoms with Crippen molar-refractivity contribution in [2.45, 2.75) is 18.2 Å². The fraction of sp³-hybridized carbons (Fsp3) is 0.368. The lowest BCUT2D eigenvalue weighted by Crippen LogP contribution is -2.51. The first kappa shape index (κ1) is 22.6. The topological polar surface area (TPSA) is 79.0 Å². The SMILES string of the molecule is CCc1cc(C(=O)OC)c(NC(=S)N2CCN(S(=O)(=O)c3ccc(F)cc3)CC2)s1. The molecule has 1 aliphatic heterocycles. The second kappa shape index (κ2) is 9.38. The Morgan fingerprint density at radius 1 is 1.23 bits per heavy atom. The van der Waals surface area contributed by atoms with E-state index in [1.165, 1.54) is 34.9 Å². The number of aryl methyl sites for hydroxylation is 1. The number of piperazine rings is 1. The number of nitrogens with zero attached hydrogens (tertiary/aromatic N) is 2. The minimum absolute atomic E-state index is 0.0615. The Hall–Kier alpha value is -2.08. The van der Waals surface area contributed by atoms with Crippen LogP contribution in [-0.2, 0) is 21.2 Å². The molecule has 30 heavy (non-hydrogen) atoms. The summed E-state index contributed by atoms with van der Waals surface area (Å²) in [5, 5.41) is 4.14. The van der Waals surface area contributed by atoms with Crippen molar-refractivity contribution in [3.8, 4) is 0 Å². The number of halogens is 1. The van der Waals surface area contributed by atoms with Crippen molar-refractivity contribution in [2.75, 3.05) is 38.6 Å². The number of nitrogens with one attached hydrogen (secondary N) is 1. The zero-order chi connectivity index (χ0) is 21.9. The molecular formula is C19H22FN3O4S3. The van der Waals surface area contributed by atoms with Crippen molar-refractivity contribution in [3.63, 3.8) is 0 Å². The highest BCUT2D eigenvalue weighted by atomic mass is 32.2. The van der Waals surface area contributed by atoms with Crippen LogP contribution in [0.2, 0.25) is 0 Å². The Bertz CT molecular complexity index is 1030. The molecule has 11 heteroatoms. The number of thiocarbonyl (C=S) groups is 1. The highest BCUT2D eigenvalue weighted by Crippen LogP contribution is 2.30. The van der Waals surface area contributed by atoms with Gasteiger partial charge in [0, 0.05) is 31.1 Å². The van der Waals surface area contributed by atoms with Gasteiger partial charge in [-0.3, -0.25) is 0 Å². The number of hydrogen-bond acceptors (Lipinski definition) is 6. The van der Waals surface area contributed by atoms with E-state index in [9.17, 15) is 17.6 Å². The fourth-order valence-electron chi connectivity index (χ4n) is 3.03. The van der Waals surface area contributed by atoms with Crippen LogP contribution in [0.25, 0.3) is 0 Å². The second-order valence-electron chi connectivity index (χ2n) is 6.58. The van der Waals surface area contributed by atoms with E-state index in [-0.39, 0.29) is 18.0 Å². The number of methoxy groups -OCH3 is 1. The molecular weight excluding hydrogens is 449 g/mol. The molecule has 1 saturated heterocycles. The quantitative estimate of drug-likeness (QED) is 0.531. The summed E-state index contributed by atoms with van der Waals surface area (Å²) in [7, 11) is -2.36. The molecule has 2 heterocycles. The Morgan fingerprint density at radius 3 is 2.43 bits per heavy atom. The summed E-state index contributed by atoms with van der Waals surface area (Å²) in [6, 6.07) is 6.58. The minimum atomic E-state index is -3.69. The molecule has 1 N–H and O–H groups in total. The maximum atomic E-state index is 13.1. The number of ether oxygens (including phenoxy) is 1. The molecule has 2 aromatic rings. The smallest absolute Gasteiger partial charge is 0.340 e. The first-order chi connectivity index (χ1) is 14.3. The number of rotatable bonds is 5. The van der Waals surface area contributed by atoms with Crippen LogP contribution in [0.5, 0.6) is 0 Å². The summed E-state index contributed by atoms with van der Waals surface area (Å²) >= 11 is 6.92. The van der Waals surface area contributed by atoms with E-state index in [0.717, 1.165) is 23.4 Å². The minimum Gasteiger partial charge on any atom is -0.465 e. The van der Waals surface area contributed by atoms with Gasteiger partial charge >= 0.3 is 5.97 Å². The molecule has 0 amide bonds. The van der Waals surface area contributed by atoms with Crippen LogP contribution in [0.1, 0.15) is 22.2 Å². The van der Waals surface area contributed by atoms with Crippen LogP contribution in [0.4, 0.5) is 9.39 Å². The van der Waals surface area contributed by atoms with E-state index in [1.54, 1.807) is 6.07 Å². The number of carbonyl (C=O) groups is 1. The Morgan fingerprint density at radius 2 is 1.87 bits per heavy atom. The first-order valence-electron chi connectivity index (χ1n) is 9.29. The molecule has 3 rings (SSSR count). The van der Waals surface area contributed by atoms with Crippen molar-refractivity contribution in [1.82, 2.24) is 9.21 Å². The van der Waals surface area contributed by atoms with E-state index in [2.05, 4.69) is 5.32 Å². The monoisotopic (exact) mass is 471 g/mol. The standard InChI is InChI=1S/C19H22FN3O4S3/c1-3-14-12-16(18(24)27-2)17(29-14)21-19(28)22-8-10-23(11-9-22)30(25,26)15-6-4-13(20)5-7-15/h4-7,12H,3,8-11H2,1-2H3,(H,21,28). The third kappa shape index (κ3) is 4.80. The molecule has 1 aromatic carbocycles.